The lowest BCUT2D eigenvalue weighted by Gasteiger charge is -2.34. The summed E-state index contributed by atoms with van der Waals surface area (Å²) in [7, 11) is 2.05. The van der Waals surface area contributed by atoms with Gasteiger partial charge in [0.1, 0.15) is 0 Å². The molecule has 0 amide bonds. The van der Waals surface area contributed by atoms with Gasteiger partial charge in [-0.2, -0.15) is 5.10 Å². The van der Waals surface area contributed by atoms with Crippen LogP contribution < -0.4 is 5.32 Å². The van der Waals surface area contributed by atoms with Crippen molar-refractivity contribution in [3.8, 4) is 0 Å². The van der Waals surface area contributed by atoms with E-state index in [0.29, 0.717) is 6.04 Å². The monoisotopic (exact) mass is 263 g/mol. The summed E-state index contributed by atoms with van der Waals surface area (Å²) in [6.07, 6.45) is 5.49. The number of aromatic nitrogens is 2. The quantitative estimate of drug-likeness (QED) is 0.901. The molecule has 3 nitrogen and oxygen atoms in total. The topological polar surface area (TPSA) is 29.9 Å². The molecular weight excluding hydrogens is 234 g/mol. The highest BCUT2D eigenvalue weighted by Crippen LogP contribution is 2.38. The van der Waals surface area contributed by atoms with Crippen LogP contribution in [0.2, 0.25) is 0 Å². The second-order valence-corrected chi connectivity index (χ2v) is 6.28. The second kappa shape index (κ2) is 6.08. The van der Waals surface area contributed by atoms with Crippen molar-refractivity contribution in [3.05, 3.63) is 17.0 Å². The minimum Gasteiger partial charge on any atom is -0.310 e. The van der Waals surface area contributed by atoms with Crippen molar-refractivity contribution in [2.75, 3.05) is 6.54 Å². The van der Waals surface area contributed by atoms with Crippen LogP contribution in [0.4, 0.5) is 0 Å². The highest BCUT2D eigenvalue weighted by Gasteiger charge is 2.30. The zero-order valence-corrected chi connectivity index (χ0v) is 13.2. The van der Waals surface area contributed by atoms with E-state index in [9.17, 15) is 0 Å². The van der Waals surface area contributed by atoms with Gasteiger partial charge in [-0.15, -0.1) is 0 Å². The van der Waals surface area contributed by atoms with Gasteiger partial charge in [-0.25, -0.2) is 0 Å². The Morgan fingerprint density at radius 1 is 1.37 bits per heavy atom. The maximum absolute atomic E-state index is 4.60. The first-order valence-corrected chi connectivity index (χ1v) is 7.78. The summed E-state index contributed by atoms with van der Waals surface area (Å²) in [4.78, 5) is 0. The lowest BCUT2D eigenvalue weighted by atomic mass is 9.76. The average Bonchev–Trinajstić information content (AvgIpc) is 2.61. The number of rotatable bonds is 4. The Hall–Kier alpha value is -0.830. The summed E-state index contributed by atoms with van der Waals surface area (Å²) in [5.74, 6) is 1.64. The first kappa shape index (κ1) is 14.6. The molecule has 1 aromatic rings. The van der Waals surface area contributed by atoms with Gasteiger partial charge in [-0.1, -0.05) is 26.7 Å². The molecule has 0 aliphatic heterocycles. The van der Waals surface area contributed by atoms with E-state index in [1.165, 1.54) is 42.6 Å². The largest absolute Gasteiger partial charge is 0.310 e. The lowest BCUT2D eigenvalue weighted by Crippen LogP contribution is -2.32. The van der Waals surface area contributed by atoms with Crippen LogP contribution in [-0.2, 0) is 7.05 Å². The van der Waals surface area contributed by atoms with Crippen LogP contribution >= 0.6 is 0 Å². The van der Waals surface area contributed by atoms with Crippen molar-refractivity contribution in [1.29, 1.82) is 0 Å². The Bertz CT molecular complexity index is 422. The summed E-state index contributed by atoms with van der Waals surface area (Å²) < 4.78 is 2.03. The maximum atomic E-state index is 4.60. The zero-order valence-electron chi connectivity index (χ0n) is 13.2. The zero-order chi connectivity index (χ0) is 14.0. The van der Waals surface area contributed by atoms with E-state index in [4.69, 9.17) is 0 Å². The summed E-state index contributed by atoms with van der Waals surface area (Å²) in [6.45, 7) is 9.99. The van der Waals surface area contributed by atoms with E-state index in [2.05, 4.69) is 45.2 Å². The van der Waals surface area contributed by atoms with E-state index in [-0.39, 0.29) is 0 Å². The molecular formula is C16H29N3. The third-order valence-corrected chi connectivity index (χ3v) is 4.75. The Morgan fingerprint density at radius 2 is 2.11 bits per heavy atom. The van der Waals surface area contributed by atoms with Crippen molar-refractivity contribution < 1.29 is 0 Å². The summed E-state index contributed by atoms with van der Waals surface area (Å²) in [6, 6.07) is 0.487. The number of hydrogen-bond acceptors (Lipinski definition) is 2. The van der Waals surface area contributed by atoms with Gasteiger partial charge in [0.2, 0.25) is 0 Å². The van der Waals surface area contributed by atoms with Gasteiger partial charge >= 0.3 is 0 Å². The van der Waals surface area contributed by atoms with Gasteiger partial charge in [0.15, 0.2) is 0 Å². The predicted octanol–water partition coefficient (Wildman–Crippen LogP) is 3.51. The van der Waals surface area contributed by atoms with Crippen LogP contribution in [0.15, 0.2) is 0 Å². The number of nitrogens with zero attached hydrogens (tertiary/aromatic N) is 2. The molecule has 1 aliphatic rings. The predicted molar refractivity (Wildman–Crippen MR) is 80.2 cm³/mol. The van der Waals surface area contributed by atoms with Gasteiger partial charge in [-0.3, -0.25) is 4.68 Å². The Balaban J connectivity index is 2.28. The molecule has 19 heavy (non-hydrogen) atoms. The van der Waals surface area contributed by atoms with Crippen molar-refractivity contribution >= 4 is 0 Å². The highest BCUT2D eigenvalue weighted by molar-refractivity contribution is 5.29. The average molecular weight is 263 g/mol. The van der Waals surface area contributed by atoms with Gasteiger partial charge < -0.3 is 5.32 Å². The number of nitrogens with one attached hydrogen (secondary N) is 1. The first-order valence-electron chi connectivity index (χ1n) is 7.78. The molecule has 1 saturated carbocycles. The van der Waals surface area contributed by atoms with E-state index in [1.54, 1.807) is 0 Å². The molecule has 1 aromatic heterocycles. The van der Waals surface area contributed by atoms with Crippen molar-refractivity contribution in [2.45, 2.75) is 59.4 Å². The maximum Gasteiger partial charge on any atom is 0.0644 e. The fraction of sp³-hybridized carbons (Fsp3) is 0.812. The van der Waals surface area contributed by atoms with Gasteiger partial charge in [0, 0.05) is 24.3 Å². The molecule has 3 atom stereocenters. The fourth-order valence-corrected chi connectivity index (χ4v) is 3.75. The van der Waals surface area contributed by atoms with Crippen LogP contribution in [0, 0.1) is 25.7 Å². The summed E-state index contributed by atoms with van der Waals surface area (Å²) in [5.41, 5.74) is 3.97. The minimum atomic E-state index is 0.487. The molecule has 2 rings (SSSR count). The molecule has 0 spiro atoms. The van der Waals surface area contributed by atoms with Crippen LogP contribution in [-0.4, -0.2) is 16.3 Å². The van der Waals surface area contributed by atoms with Crippen molar-refractivity contribution in [1.82, 2.24) is 15.1 Å². The third kappa shape index (κ3) is 3.02. The third-order valence-electron chi connectivity index (χ3n) is 4.75. The molecule has 3 heteroatoms. The Labute approximate surface area is 117 Å². The molecule has 0 aromatic carbocycles. The van der Waals surface area contributed by atoms with Crippen LogP contribution in [0.25, 0.3) is 0 Å². The molecule has 0 radical (unpaired) electrons. The summed E-state index contributed by atoms with van der Waals surface area (Å²) >= 11 is 0. The lowest BCUT2D eigenvalue weighted by molar-refractivity contribution is 0.224. The van der Waals surface area contributed by atoms with Crippen LogP contribution in [0.3, 0.4) is 0 Å². The Kier molecular flexibility index (Phi) is 4.67. The fourth-order valence-electron chi connectivity index (χ4n) is 3.75. The standard InChI is InChI=1S/C16H29N3/c1-6-17-16(14-9-7-8-11(2)10-14)15-12(3)18-19(5)13(15)4/h11,14,16-17H,6-10H2,1-5H3. The first-order chi connectivity index (χ1) is 9.04. The molecule has 3 unspecified atom stereocenters. The molecule has 1 fully saturated rings. The van der Waals surface area contributed by atoms with E-state index >= 15 is 0 Å². The van der Waals surface area contributed by atoms with E-state index in [0.717, 1.165) is 18.4 Å². The molecule has 0 saturated heterocycles. The van der Waals surface area contributed by atoms with Crippen LogP contribution in [0.1, 0.15) is 62.5 Å². The van der Waals surface area contributed by atoms with E-state index in [1.807, 2.05) is 4.68 Å². The van der Waals surface area contributed by atoms with Crippen LogP contribution in [0.5, 0.6) is 0 Å². The highest BCUT2D eigenvalue weighted by atomic mass is 15.3. The Morgan fingerprint density at radius 3 is 2.63 bits per heavy atom. The van der Waals surface area contributed by atoms with Crippen molar-refractivity contribution in [3.63, 3.8) is 0 Å². The van der Waals surface area contributed by atoms with Crippen molar-refractivity contribution in [2.24, 2.45) is 18.9 Å². The smallest absolute Gasteiger partial charge is 0.0644 e. The summed E-state index contributed by atoms with van der Waals surface area (Å²) in [5, 5.41) is 8.34. The van der Waals surface area contributed by atoms with Gasteiger partial charge in [-0.05, 0) is 45.1 Å². The molecule has 108 valence electrons. The molecule has 1 heterocycles. The molecule has 0 bridgehead atoms. The molecule has 1 aliphatic carbocycles. The SMILES string of the molecule is CCNC(c1c(C)nn(C)c1C)C1CCCC(C)C1. The minimum absolute atomic E-state index is 0.487. The van der Waals surface area contributed by atoms with Gasteiger partial charge in [0.05, 0.1) is 5.69 Å². The second-order valence-electron chi connectivity index (χ2n) is 6.28. The van der Waals surface area contributed by atoms with E-state index < -0.39 is 0 Å². The number of hydrogen-bond donors (Lipinski definition) is 1. The number of aryl methyl sites for hydroxylation is 2. The normalized spacial score (nSPS) is 25.5. The molecule has 1 N–H and O–H groups in total. The van der Waals surface area contributed by atoms with Gasteiger partial charge in [0.25, 0.3) is 0 Å².